The Kier molecular flexibility index (Phi) is 5.35. The molecule has 0 aromatic heterocycles. The lowest BCUT2D eigenvalue weighted by Crippen LogP contribution is -2.32. The molecule has 2 atom stereocenters. The summed E-state index contributed by atoms with van der Waals surface area (Å²) in [6, 6.07) is 4.90. The highest BCUT2D eigenvalue weighted by molar-refractivity contribution is 7.89. The Hall–Kier alpha value is -1.15. The van der Waals surface area contributed by atoms with Crippen LogP contribution in [0.2, 0.25) is 0 Å². The average molecular weight is 360 g/mol. The van der Waals surface area contributed by atoms with Crippen LogP contribution in [0.25, 0.3) is 0 Å². The van der Waals surface area contributed by atoms with E-state index in [1.165, 1.54) is 6.92 Å². The fourth-order valence-electron chi connectivity index (χ4n) is 3.24. The third kappa shape index (κ3) is 3.52. The highest BCUT2D eigenvalue weighted by Gasteiger charge is 2.41. The molecule has 0 radical (unpaired) electrons. The van der Waals surface area contributed by atoms with Crippen molar-refractivity contribution in [2.24, 2.45) is 11.8 Å². The molecular formula is C15H22ClN3O3S. The molecule has 6 nitrogen and oxygen atoms in total. The number of benzene rings is 1. The number of halogens is 1. The maximum atomic E-state index is 12.8. The minimum Gasteiger partial charge on any atom is -0.326 e. The van der Waals surface area contributed by atoms with Gasteiger partial charge in [0.05, 0.1) is 4.90 Å². The van der Waals surface area contributed by atoms with Crippen LogP contribution in [-0.2, 0) is 14.8 Å². The highest BCUT2D eigenvalue weighted by atomic mass is 35.5. The maximum absolute atomic E-state index is 12.8. The number of nitrogens with one attached hydrogen (secondary N) is 2. The van der Waals surface area contributed by atoms with E-state index in [2.05, 4.69) is 10.6 Å². The number of hydrogen-bond acceptors (Lipinski definition) is 4. The van der Waals surface area contributed by atoms with Crippen LogP contribution < -0.4 is 10.6 Å². The van der Waals surface area contributed by atoms with Gasteiger partial charge in [0.2, 0.25) is 15.9 Å². The quantitative estimate of drug-likeness (QED) is 0.850. The Balaban J connectivity index is 0.00000192. The van der Waals surface area contributed by atoms with Crippen LogP contribution in [-0.4, -0.2) is 44.8 Å². The van der Waals surface area contributed by atoms with E-state index in [1.54, 1.807) is 22.5 Å². The Morgan fingerprint density at radius 2 is 1.87 bits per heavy atom. The molecule has 8 heteroatoms. The summed E-state index contributed by atoms with van der Waals surface area (Å²) in [5, 5.41) is 5.99. The lowest BCUT2D eigenvalue weighted by molar-refractivity contribution is -0.114. The lowest BCUT2D eigenvalue weighted by Gasteiger charge is -2.18. The Labute approximate surface area is 143 Å². The fourth-order valence-corrected chi connectivity index (χ4v) is 4.82. The SMILES string of the molecule is CC(=O)Nc1cc(S(=O)(=O)N2C[C@H]3CNC[C@H]3C2)ccc1C.Cl. The smallest absolute Gasteiger partial charge is 0.243 e. The molecule has 1 amide bonds. The van der Waals surface area contributed by atoms with Gasteiger partial charge in [0.15, 0.2) is 0 Å². The molecule has 0 aliphatic carbocycles. The van der Waals surface area contributed by atoms with Crippen LogP contribution >= 0.6 is 12.4 Å². The van der Waals surface area contributed by atoms with Crippen molar-refractivity contribution in [3.8, 4) is 0 Å². The predicted molar refractivity (Wildman–Crippen MR) is 91.3 cm³/mol. The molecule has 1 aromatic carbocycles. The molecule has 2 fully saturated rings. The summed E-state index contributed by atoms with van der Waals surface area (Å²) in [6.07, 6.45) is 0. The van der Waals surface area contributed by atoms with Gasteiger partial charge in [-0.05, 0) is 49.5 Å². The van der Waals surface area contributed by atoms with Crippen molar-refractivity contribution >= 4 is 34.0 Å². The van der Waals surface area contributed by atoms with Crippen LogP contribution in [0, 0.1) is 18.8 Å². The number of fused-ring (bicyclic) bond motifs is 1. The molecule has 0 unspecified atom stereocenters. The molecule has 2 aliphatic heterocycles. The van der Waals surface area contributed by atoms with Gasteiger partial charge in [-0.25, -0.2) is 8.42 Å². The monoisotopic (exact) mass is 359 g/mol. The number of anilines is 1. The lowest BCUT2D eigenvalue weighted by atomic mass is 10.0. The molecule has 2 saturated heterocycles. The van der Waals surface area contributed by atoms with Crippen molar-refractivity contribution in [1.29, 1.82) is 0 Å². The first-order valence-electron chi connectivity index (χ1n) is 7.47. The molecule has 23 heavy (non-hydrogen) atoms. The molecule has 2 heterocycles. The van der Waals surface area contributed by atoms with Crippen LogP contribution in [0.1, 0.15) is 12.5 Å². The minimum atomic E-state index is -3.50. The van der Waals surface area contributed by atoms with Gasteiger partial charge in [0, 0.05) is 25.7 Å². The summed E-state index contributed by atoms with van der Waals surface area (Å²) in [6.45, 7) is 6.18. The van der Waals surface area contributed by atoms with Gasteiger partial charge in [-0.3, -0.25) is 4.79 Å². The number of nitrogens with zero attached hydrogens (tertiary/aromatic N) is 1. The predicted octanol–water partition coefficient (Wildman–Crippen LogP) is 1.22. The van der Waals surface area contributed by atoms with Crippen molar-refractivity contribution in [1.82, 2.24) is 9.62 Å². The van der Waals surface area contributed by atoms with Gasteiger partial charge < -0.3 is 10.6 Å². The van der Waals surface area contributed by atoms with E-state index in [0.717, 1.165) is 18.7 Å². The second-order valence-corrected chi connectivity index (χ2v) is 8.10. The fraction of sp³-hybridized carbons (Fsp3) is 0.533. The Morgan fingerprint density at radius 1 is 1.26 bits per heavy atom. The second kappa shape index (κ2) is 6.76. The third-order valence-corrected chi connectivity index (χ3v) is 6.34. The molecule has 2 N–H and O–H groups in total. The normalized spacial score (nSPS) is 24.1. The molecule has 1 aromatic rings. The van der Waals surface area contributed by atoms with Crippen molar-refractivity contribution < 1.29 is 13.2 Å². The van der Waals surface area contributed by atoms with E-state index in [0.29, 0.717) is 30.6 Å². The first-order valence-corrected chi connectivity index (χ1v) is 8.91. The van der Waals surface area contributed by atoms with Gasteiger partial charge in [-0.1, -0.05) is 6.07 Å². The zero-order chi connectivity index (χ0) is 15.9. The summed E-state index contributed by atoms with van der Waals surface area (Å²) in [7, 11) is -3.50. The summed E-state index contributed by atoms with van der Waals surface area (Å²) >= 11 is 0. The van der Waals surface area contributed by atoms with E-state index in [-0.39, 0.29) is 23.2 Å². The molecule has 0 bridgehead atoms. The van der Waals surface area contributed by atoms with Gasteiger partial charge in [0.1, 0.15) is 0 Å². The first kappa shape index (κ1) is 18.2. The van der Waals surface area contributed by atoms with E-state index < -0.39 is 10.0 Å². The van der Waals surface area contributed by atoms with Crippen LogP contribution in [0.3, 0.4) is 0 Å². The Bertz CT molecular complexity index is 696. The molecule has 3 rings (SSSR count). The van der Waals surface area contributed by atoms with E-state index >= 15 is 0 Å². The van der Waals surface area contributed by atoms with Crippen LogP contribution in [0.4, 0.5) is 5.69 Å². The maximum Gasteiger partial charge on any atom is 0.243 e. The van der Waals surface area contributed by atoms with Crippen LogP contribution in [0.5, 0.6) is 0 Å². The average Bonchev–Trinajstić information content (AvgIpc) is 3.01. The van der Waals surface area contributed by atoms with Crippen molar-refractivity contribution in [2.45, 2.75) is 18.7 Å². The zero-order valence-electron chi connectivity index (χ0n) is 13.2. The van der Waals surface area contributed by atoms with Crippen molar-refractivity contribution in [3.05, 3.63) is 23.8 Å². The number of hydrogen-bond donors (Lipinski definition) is 2. The van der Waals surface area contributed by atoms with E-state index in [1.807, 2.05) is 6.92 Å². The van der Waals surface area contributed by atoms with Gasteiger partial charge in [-0.15, -0.1) is 12.4 Å². The molecular weight excluding hydrogens is 338 g/mol. The number of sulfonamides is 1. The standard InChI is InChI=1S/C15H21N3O3S.ClH/c1-10-3-4-14(5-15(10)17-11(2)19)22(20,21)18-8-12-6-16-7-13(12)9-18;/h3-5,12-13,16H,6-9H2,1-2H3,(H,17,19);1H/t12-,13+;. The number of carbonyl (C=O) groups excluding carboxylic acids is 1. The number of rotatable bonds is 3. The largest absolute Gasteiger partial charge is 0.326 e. The highest BCUT2D eigenvalue weighted by Crippen LogP contribution is 2.31. The first-order chi connectivity index (χ1) is 10.4. The topological polar surface area (TPSA) is 78.5 Å². The van der Waals surface area contributed by atoms with Crippen molar-refractivity contribution in [2.75, 3.05) is 31.5 Å². The van der Waals surface area contributed by atoms with Gasteiger partial charge in [-0.2, -0.15) is 4.31 Å². The summed E-state index contributed by atoms with van der Waals surface area (Å²) in [5.74, 6) is 0.615. The van der Waals surface area contributed by atoms with Crippen LogP contribution in [0.15, 0.2) is 23.1 Å². The Morgan fingerprint density at radius 3 is 2.43 bits per heavy atom. The number of carbonyl (C=O) groups is 1. The zero-order valence-corrected chi connectivity index (χ0v) is 14.8. The second-order valence-electron chi connectivity index (χ2n) is 6.16. The minimum absolute atomic E-state index is 0. The summed E-state index contributed by atoms with van der Waals surface area (Å²) < 4.78 is 27.2. The van der Waals surface area contributed by atoms with Gasteiger partial charge in [0.25, 0.3) is 0 Å². The molecule has 128 valence electrons. The molecule has 0 spiro atoms. The third-order valence-electron chi connectivity index (χ3n) is 4.51. The number of aryl methyl sites for hydroxylation is 1. The number of amides is 1. The van der Waals surface area contributed by atoms with E-state index in [4.69, 9.17) is 0 Å². The van der Waals surface area contributed by atoms with Gasteiger partial charge >= 0.3 is 0 Å². The van der Waals surface area contributed by atoms with E-state index in [9.17, 15) is 13.2 Å². The molecule has 2 aliphatic rings. The molecule has 0 saturated carbocycles. The van der Waals surface area contributed by atoms with Crippen molar-refractivity contribution in [3.63, 3.8) is 0 Å². The summed E-state index contributed by atoms with van der Waals surface area (Å²) in [4.78, 5) is 11.5. The summed E-state index contributed by atoms with van der Waals surface area (Å²) in [5.41, 5.74) is 1.39.